The van der Waals surface area contributed by atoms with Crippen molar-refractivity contribution in [2.45, 2.75) is 18.6 Å². The summed E-state index contributed by atoms with van der Waals surface area (Å²) in [5.74, 6) is -0.403. The molecule has 0 aliphatic carbocycles. The molecule has 0 saturated carbocycles. The number of H-pyrrole nitrogens is 1. The van der Waals surface area contributed by atoms with Crippen molar-refractivity contribution in [1.82, 2.24) is 15.1 Å². The molecule has 3 rings (SSSR count). The monoisotopic (exact) mass is 237 g/mol. The van der Waals surface area contributed by atoms with Crippen LogP contribution in [0.2, 0.25) is 0 Å². The summed E-state index contributed by atoms with van der Waals surface area (Å²) in [6.07, 6.45) is 4.66. The van der Waals surface area contributed by atoms with Crippen LogP contribution in [0.5, 0.6) is 0 Å². The Morgan fingerprint density at radius 2 is 2.06 bits per heavy atom. The number of aromatic amines is 1. The first kappa shape index (κ1) is 10.7. The van der Waals surface area contributed by atoms with Crippen molar-refractivity contribution in [2.75, 3.05) is 26.3 Å². The highest BCUT2D eigenvalue weighted by molar-refractivity contribution is 5.93. The quantitative estimate of drug-likeness (QED) is 0.767. The minimum Gasteiger partial charge on any atom is -0.347 e. The molecule has 1 aromatic heterocycles. The first-order chi connectivity index (χ1) is 8.29. The molecule has 2 aliphatic rings. The van der Waals surface area contributed by atoms with Gasteiger partial charge in [-0.3, -0.25) is 9.89 Å². The highest BCUT2D eigenvalue weighted by atomic mass is 16.7. The first-order valence-corrected chi connectivity index (χ1v) is 5.85. The summed E-state index contributed by atoms with van der Waals surface area (Å²) in [5.41, 5.74) is 0.606. The van der Waals surface area contributed by atoms with Crippen LogP contribution in [0.15, 0.2) is 12.4 Å². The lowest BCUT2D eigenvalue weighted by Gasteiger charge is -2.37. The standard InChI is InChI=1S/C11H15N3O3/c15-10(9-7-12-13-8-9)14-3-1-11(2-4-14)16-5-6-17-11/h7-8H,1-6H2,(H,12,13). The second-order valence-corrected chi connectivity index (χ2v) is 4.39. The van der Waals surface area contributed by atoms with Gasteiger partial charge in [0, 0.05) is 32.1 Å². The van der Waals surface area contributed by atoms with Crippen LogP contribution < -0.4 is 0 Å². The number of amides is 1. The molecule has 92 valence electrons. The molecule has 0 atom stereocenters. The number of rotatable bonds is 1. The number of nitrogens with one attached hydrogen (secondary N) is 1. The van der Waals surface area contributed by atoms with Crippen LogP contribution in [0, 0.1) is 0 Å². The maximum Gasteiger partial charge on any atom is 0.257 e. The molecule has 1 spiro atoms. The Balaban J connectivity index is 1.63. The van der Waals surface area contributed by atoms with Gasteiger partial charge in [-0.05, 0) is 0 Å². The number of nitrogens with zero attached hydrogens (tertiary/aromatic N) is 2. The molecule has 1 amide bonds. The fourth-order valence-corrected chi connectivity index (χ4v) is 2.39. The molecule has 3 heterocycles. The Bertz CT molecular complexity index is 388. The van der Waals surface area contributed by atoms with E-state index in [0.29, 0.717) is 31.9 Å². The molecule has 0 aromatic carbocycles. The third kappa shape index (κ3) is 1.94. The topological polar surface area (TPSA) is 67.5 Å². The van der Waals surface area contributed by atoms with Crippen molar-refractivity contribution in [1.29, 1.82) is 0 Å². The number of likely N-dealkylation sites (tertiary alicyclic amines) is 1. The molecule has 1 aromatic rings. The molecule has 2 aliphatic heterocycles. The van der Waals surface area contributed by atoms with E-state index in [2.05, 4.69) is 10.2 Å². The number of piperidine rings is 1. The number of carbonyl (C=O) groups excluding carboxylic acids is 1. The minimum atomic E-state index is -0.423. The summed E-state index contributed by atoms with van der Waals surface area (Å²) in [4.78, 5) is 13.9. The zero-order chi connectivity index (χ0) is 11.7. The van der Waals surface area contributed by atoms with Gasteiger partial charge in [0.05, 0.1) is 25.0 Å². The highest BCUT2D eigenvalue weighted by Gasteiger charge is 2.40. The number of carbonyl (C=O) groups is 1. The SMILES string of the molecule is O=C(c1cn[nH]c1)N1CCC2(CC1)OCCO2. The third-order valence-corrected chi connectivity index (χ3v) is 3.37. The normalized spacial score (nSPS) is 23.2. The molecule has 6 nitrogen and oxygen atoms in total. The van der Waals surface area contributed by atoms with E-state index in [-0.39, 0.29) is 5.91 Å². The van der Waals surface area contributed by atoms with Crippen molar-refractivity contribution >= 4 is 5.91 Å². The highest BCUT2D eigenvalue weighted by Crippen LogP contribution is 2.31. The maximum atomic E-state index is 12.0. The molecular weight excluding hydrogens is 222 g/mol. The average Bonchev–Trinajstić information content (AvgIpc) is 3.01. The van der Waals surface area contributed by atoms with Gasteiger partial charge in [0.1, 0.15) is 0 Å². The van der Waals surface area contributed by atoms with Crippen molar-refractivity contribution < 1.29 is 14.3 Å². The Hall–Kier alpha value is -1.40. The van der Waals surface area contributed by atoms with E-state index in [4.69, 9.17) is 9.47 Å². The summed E-state index contributed by atoms with van der Waals surface area (Å²) >= 11 is 0. The Morgan fingerprint density at radius 1 is 1.35 bits per heavy atom. The lowest BCUT2D eigenvalue weighted by molar-refractivity contribution is -0.181. The molecule has 1 N–H and O–H groups in total. The van der Waals surface area contributed by atoms with Crippen LogP contribution in [0.4, 0.5) is 0 Å². The van der Waals surface area contributed by atoms with Gasteiger partial charge in [-0.25, -0.2) is 0 Å². The van der Waals surface area contributed by atoms with E-state index < -0.39 is 5.79 Å². The van der Waals surface area contributed by atoms with E-state index in [1.807, 2.05) is 4.90 Å². The average molecular weight is 237 g/mol. The predicted molar refractivity (Wildman–Crippen MR) is 58.4 cm³/mol. The van der Waals surface area contributed by atoms with E-state index in [0.717, 1.165) is 12.8 Å². The summed E-state index contributed by atoms with van der Waals surface area (Å²) in [5, 5.41) is 6.44. The number of ether oxygens (including phenoxy) is 2. The van der Waals surface area contributed by atoms with Gasteiger partial charge in [0.25, 0.3) is 5.91 Å². The minimum absolute atomic E-state index is 0.0200. The summed E-state index contributed by atoms with van der Waals surface area (Å²) < 4.78 is 11.2. The molecule has 0 unspecified atom stereocenters. The number of hydrogen-bond donors (Lipinski definition) is 1. The van der Waals surface area contributed by atoms with Crippen molar-refractivity contribution in [2.24, 2.45) is 0 Å². The number of aromatic nitrogens is 2. The lowest BCUT2D eigenvalue weighted by Crippen LogP contribution is -2.47. The van der Waals surface area contributed by atoms with Gasteiger partial charge in [0.15, 0.2) is 5.79 Å². The molecule has 2 fully saturated rings. The van der Waals surface area contributed by atoms with Crippen LogP contribution >= 0.6 is 0 Å². The van der Waals surface area contributed by atoms with E-state index in [1.165, 1.54) is 0 Å². The zero-order valence-electron chi connectivity index (χ0n) is 9.52. The van der Waals surface area contributed by atoms with Crippen LogP contribution in [-0.4, -0.2) is 53.1 Å². The van der Waals surface area contributed by atoms with Gasteiger partial charge in [-0.1, -0.05) is 0 Å². The maximum absolute atomic E-state index is 12.0. The Morgan fingerprint density at radius 3 is 2.65 bits per heavy atom. The Labute approximate surface area is 98.9 Å². The van der Waals surface area contributed by atoms with Crippen LogP contribution in [0.1, 0.15) is 23.2 Å². The van der Waals surface area contributed by atoms with Gasteiger partial charge in [0.2, 0.25) is 0 Å². The zero-order valence-corrected chi connectivity index (χ0v) is 9.52. The van der Waals surface area contributed by atoms with Gasteiger partial charge < -0.3 is 14.4 Å². The van der Waals surface area contributed by atoms with Gasteiger partial charge in [-0.15, -0.1) is 0 Å². The second kappa shape index (κ2) is 4.12. The largest absolute Gasteiger partial charge is 0.347 e. The fourth-order valence-electron chi connectivity index (χ4n) is 2.39. The van der Waals surface area contributed by atoms with Gasteiger partial charge >= 0.3 is 0 Å². The number of hydrogen-bond acceptors (Lipinski definition) is 4. The van der Waals surface area contributed by atoms with Crippen LogP contribution in [0.3, 0.4) is 0 Å². The van der Waals surface area contributed by atoms with Crippen LogP contribution in [-0.2, 0) is 9.47 Å². The molecule has 0 radical (unpaired) electrons. The molecule has 17 heavy (non-hydrogen) atoms. The summed E-state index contributed by atoms with van der Waals surface area (Å²) in [7, 11) is 0. The summed E-state index contributed by atoms with van der Waals surface area (Å²) in [6, 6.07) is 0. The molecule has 6 heteroatoms. The first-order valence-electron chi connectivity index (χ1n) is 5.85. The second-order valence-electron chi connectivity index (χ2n) is 4.39. The fraction of sp³-hybridized carbons (Fsp3) is 0.636. The van der Waals surface area contributed by atoms with Crippen molar-refractivity contribution in [3.8, 4) is 0 Å². The Kier molecular flexibility index (Phi) is 2.60. The van der Waals surface area contributed by atoms with Crippen LogP contribution in [0.25, 0.3) is 0 Å². The van der Waals surface area contributed by atoms with Crippen molar-refractivity contribution in [3.05, 3.63) is 18.0 Å². The lowest BCUT2D eigenvalue weighted by atomic mass is 10.0. The molecular formula is C11H15N3O3. The van der Waals surface area contributed by atoms with E-state index >= 15 is 0 Å². The van der Waals surface area contributed by atoms with E-state index in [1.54, 1.807) is 12.4 Å². The molecule has 2 saturated heterocycles. The predicted octanol–water partition coefficient (Wildman–Crippen LogP) is 0.389. The van der Waals surface area contributed by atoms with E-state index in [9.17, 15) is 4.79 Å². The summed E-state index contributed by atoms with van der Waals surface area (Å²) in [6.45, 7) is 2.67. The van der Waals surface area contributed by atoms with Crippen molar-refractivity contribution in [3.63, 3.8) is 0 Å². The third-order valence-electron chi connectivity index (χ3n) is 3.37. The van der Waals surface area contributed by atoms with Gasteiger partial charge in [-0.2, -0.15) is 5.10 Å². The molecule has 0 bridgehead atoms. The smallest absolute Gasteiger partial charge is 0.257 e.